The van der Waals surface area contributed by atoms with Gasteiger partial charge in [-0.15, -0.1) is 0 Å². The Hall–Kier alpha value is -1.05. The van der Waals surface area contributed by atoms with Crippen LogP contribution in [0.2, 0.25) is 0 Å². The van der Waals surface area contributed by atoms with Gasteiger partial charge in [0.25, 0.3) is 0 Å². The summed E-state index contributed by atoms with van der Waals surface area (Å²) in [5.74, 6) is -0.0605. The zero-order valence-electron chi connectivity index (χ0n) is 12.1. The number of hydrogen-bond donors (Lipinski definition) is 2. The maximum atomic E-state index is 11.7. The zero-order valence-corrected chi connectivity index (χ0v) is 12.9. The number of thioether (sulfide) groups is 1. The molecule has 0 saturated carbocycles. The van der Waals surface area contributed by atoms with Crippen molar-refractivity contribution in [2.24, 2.45) is 10.7 Å². The van der Waals surface area contributed by atoms with Crippen molar-refractivity contribution in [3.05, 3.63) is 12.3 Å². The van der Waals surface area contributed by atoms with Crippen molar-refractivity contribution < 1.29 is 9.53 Å². The fourth-order valence-corrected chi connectivity index (χ4v) is 2.06. The molecule has 0 spiro atoms. The van der Waals surface area contributed by atoms with Gasteiger partial charge < -0.3 is 15.8 Å². The van der Waals surface area contributed by atoms with E-state index < -0.39 is 0 Å². The number of nitrogens with one attached hydrogen (secondary N) is 1. The molecular weight excluding hydrogens is 276 g/mol. The highest BCUT2D eigenvalue weighted by Gasteiger charge is 2.09. The molecule has 3 N–H and O–H groups in total. The van der Waals surface area contributed by atoms with E-state index in [1.54, 1.807) is 0 Å². The Morgan fingerprint density at radius 2 is 2.20 bits per heavy atom. The number of ether oxygens (including phenoxy) is 1. The highest BCUT2D eigenvalue weighted by molar-refractivity contribution is 8.13. The van der Waals surface area contributed by atoms with Crippen LogP contribution >= 0.6 is 11.8 Å². The van der Waals surface area contributed by atoms with E-state index in [0.717, 1.165) is 39.3 Å². The van der Waals surface area contributed by atoms with E-state index >= 15 is 0 Å². The third-order valence-corrected chi connectivity index (χ3v) is 3.43. The van der Waals surface area contributed by atoms with Crippen molar-refractivity contribution in [1.82, 2.24) is 10.2 Å². The van der Waals surface area contributed by atoms with E-state index in [1.807, 2.05) is 6.26 Å². The van der Waals surface area contributed by atoms with Gasteiger partial charge in [0.15, 0.2) is 5.17 Å². The smallest absolute Gasteiger partial charge is 0.225 e. The molecule has 0 aliphatic carbocycles. The summed E-state index contributed by atoms with van der Waals surface area (Å²) in [7, 11) is 0. The quantitative estimate of drug-likeness (QED) is 0.404. The van der Waals surface area contributed by atoms with Gasteiger partial charge in [0, 0.05) is 25.3 Å². The van der Waals surface area contributed by atoms with Crippen LogP contribution in [0.15, 0.2) is 17.3 Å². The molecule has 0 aromatic carbocycles. The Morgan fingerprint density at radius 3 is 2.85 bits per heavy atom. The van der Waals surface area contributed by atoms with E-state index in [9.17, 15) is 4.79 Å². The third kappa shape index (κ3) is 7.52. The van der Waals surface area contributed by atoms with Crippen LogP contribution in [0, 0.1) is 0 Å². The van der Waals surface area contributed by atoms with Gasteiger partial charge in [-0.3, -0.25) is 9.69 Å². The second-order valence-electron chi connectivity index (χ2n) is 4.55. The lowest BCUT2D eigenvalue weighted by Gasteiger charge is -2.26. The van der Waals surface area contributed by atoms with Crippen LogP contribution in [0.5, 0.6) is 0 Å². The minimum absolute atomic E-state index is 0.0605. The van der Waals surface area contributed by atoms with Gasteiger partial charge in [-0.1, -0.05) is 18.3 Å². The number of carbonyl (C=O) groups is 1. The molecule has 1 aliphatic rings. The van der Waals surface area contributed by atoms with Crippen LogP contribution in [0.1, 0.15) is 12.8 Å². The standard InChI is InChI=1S/C13H24N4O2S/c1-11(16-13(14)20-2)10-12(18)15-4-3-5-17-6-8-19-9-7-17/h1,3-10H2,2H3,(H2,14,16)(H,15,18). The average Bonchev–Trinajstić information content (AvgIpc) is 2.44. The normalized spacial score (nSPS) is 16.9. The summed E-state index contributed by atoms with van der Waals surface area (Å²) in [6.07, 6.45) is 2.96. The number of nitrogens with zero attached hydrogens (tertiary/aromatic N) is 2. The first-order valence-corrected chi connectivity index (χ1v) is 7.97. The molecular formula is C13H24N4O2S. The van der Waals surface area contributed by atoms with Crippen LogP contribution in [0.4, 0.5) is 0 Å². The van der Waals surface area contributed by atoms with Gasteiger partial charge >= 0.3 is 0 Å². The number of aliphatic imine (C=N–C) groups is 1. The maximum absolute atomic E-state index is 11.7. The van der Waals surface area contributed by atoms with Crippen LogP contribution in [0.3, 0.4) is 0 Å². The van der Waals surface area contributed by atoms with Crippen LogP contribution in [-0.4, -0.2) is 61.6 Å². The van der Waals surface area contributed by atoms with Gasteiger partial charge in [-0.25, -0.2) is 4.99 Å². The molecule has 1 fully saturated rings. The summed E-state index contributed by atoms with van der Waals surface area (Å²) in [6.45, 7) is 8.95. The number of rotatable bonds is 7. The minimum atomic E-state index is -0.0605. The van der Waals surface area contributed by atoms with Crippen molar-refractivity contribution >= 4 is 22.8 Å². The number of amidine groups is 1. The maximum Gasteiger partial charge on any atom is 0.225 e. The summed E-state index contributed by atoms with van der Waals surface area (Å²) in [4.78, 5) is 18.0. The third-order valence-electron chi connectivity index (χ3n) is 2.92. The van der Waals surface area contributed by atoms with Crippen molar-refractivity contribution in [2.45, 2.75) is 12.8 Å². The molecule has 114 valence electrons. The number of hydrogen-bond acceptors (Lipinski definition) is 5. The topological polar surface area (TPSA) is 80.0 Å². The lowest BCUT2D eigenvalue weighted by molar-refractivity contribution is -0.120. The van der Waals surface area contributed by atoms with Crippen molar-refractivity contribution in [1.29, 1.82) is 0 Å². The lowest BCUT2D eigenvalue weighted by atomic mass is 10.3. The van der Waals surface area contributed by atoms with Crippen molar-refractivity contribution in [3.8, 4) is 0 Å². The molecule has 7 heteroatoms. The molecule has 0 unspecified atom stereocenters. The second-order valence-corrected chi connectivity index (χ2v) is 5.38. The number of nitrogens with two attached hydrogens (primary N) is 1. The first-order valence-electron chi connectivity index (χ1n) is 6.74. The van der Waals surface area contributed by atoms with Crippen LogP contribution < -0.4 is 11.1 Å². The Balaban J connectivity index is 2.09. The highest BCUT2D eigenvalue weighted by Crippen LogP contribution is 2.03. The molecule has 1 amide bonds. The van der Waals surface area contributed by atoms with Gasteiger partial charge in [-0.05, 0) is 19.2 Å². The SMILES string of the molecule is C=C(CC(=O)NCCCN1CCOCC1)N=C(N)SC. The summed E-state index contributed by atoms with van der Waals surface area (Å²) < 4.78 is 5.28. The molecule has 1 aliphatic heterocycles. The van der Waals surface area contributed by atoms with Gasteiger partial charge in [-0.2, -0.15) is 0 Å². The Labute approximate surface area is 124 Å². The predicted molar refractivity (Wildman–Crippen MR) is 83.8 cm³/mol. The number of amides is 1. The summed E-state index contributed by atoms with van der Waals surface area (Å²) in [5.41, 5.74) is 6.05. The first-order chi connectivity index (χ1) is 9.61. The molecule has 0 aromatic rings. The molecule has 1 saturated heterocycles. The monoisotopic (exact) mass is 300 g/mol. The Bertz CT molecular complexity index is 354. The predicted octanol–water partition coefficient (Wildman–Crippen LogP) is 0.406. The van der Waals surface area contributed by atoms with E-state index in [2.05, 4.69) is 21.8 Å². The highest BCUT2D eigenvalue weighted by atomic mass is 32.2. The molecule has 0 bridgehead atoms. The lowest BCUT2D eigenvalue weighted by Crippen LogP contribution is -2.38. The molecule has 0 atom stereocenters. The zero-order chi connectivity index (χ0) is 14.8. The Morgan fingerprint density at radius 1 is 1.50 bits per heavy atom. The fourth-order valence-electron chi connectivity index (χ4n) is 1.84. The molecule has 0 radical (unpaired) electrons. The Kier molecular flexibility index (Phi) is 8.32. The van der Waals surface area contributed by atoms with E-state index in [0.29, 0.717) is 17.4 Å². The second kappa shape index (κ2) is 9.79. The van der Waals surface area contributed by atoms with Crippen molar-refractivity contribution in [2.75, 3.05) is 45.6 Å². The fraction of sp³-hybridized carbons (Fsp3) is 0.692. The van der Waals surface area contributed by atoms with Crippen LogP contribution in [0.25, 0.3) is 0 Å². The van der Waals surface area contributed by atoms with E-state index in [1.165, 1.54) is 11.8 Å². The van der Waals surface area contributed by atoms with E-state index in [-0.39, 0.29) is 12.3 Å². The molecule has 6 nitrogen and oxygen atoms in total. The minimum Gasteiger partial charge on any atom is -0.379 e. The molecule has 1 heterocycles. The molecule has 0 aromatic heterocycles. The average molecular weight is 300 g/mol. The first kappa shape index (κ1) is 17.0. The largest absolute Gasteiger partial charge is 0.379 e. The number of carbonyl (C=O) groups excluding carboxylic acids is 1. The van der Waals surface area contributed by atoms with Crippen LogP contribution in [-0.2, 0) is 9.53 Å². The van der Waals surface area contributed by atoms with Gasteiger partial charge in [0.1, 0.15) is 0 Å². The summed E-state index contributed by atoms with van der Waals surface area (Å²) in [6, 6.07) is 0. The van der Waals surface area contributed by atoms with Crippen molar-refractivity contribution in [3.63, 3.8) is 0 Å². The summed E-state index contributed by atoms with van der Waals surface area (Å²) in [5, 5.41) is 3.30. The van der Waals surface area contributed by atoms with Gasteiger partial charge in [0.05, 0.1) is 19.6 Å². The molecule has 1 rings (SSSR count). The summed E-state index contributed by atoms with van der Waals surface area (Å²) >= 11 is 1.34. The van der Waals surface area contributed by atoms with E-state index in [4.69, 9.17) is 10.5 Å². The van der Waals surface area contributed by atoms with Gasteiger partial charge in [0.2, 0.25) is 5.91 Å². The molecule has 20 heavy (non-hydrogen) atoms. The number of morpholine rings is 1.